The maximum Gasteiger partial charge on any atom is 0.225 e. The molecule has 10 heterocycles. The Morgan fingerprint density at radius 3 is 1.34 bits per heavy atom. The molecule has 0 amide bonds. The lowest BCUT2D eigenvalue weighted by atomic mass is 10.1. The van der Waals surface area contributed by atoms with Crippen LogP contribution in [-0.4, -0.2) is 142 Å². The van der Waals surface area contributed by atoms with Crippen LogP contribution in [0, 0.1) is 5.41 Å². The predicted octanol–water partition coefficient (Wildman–Crippen LogP) is 6.21. The molecule has 12 rings (SSSR count). The first kappa shape index (κ1) is 49.3. The van der Waals surface area contributed by atoms with E-state index >= 15 is 0 Å². The smallest absolute Gasteiger partial charge is 0.225 e. The summed E-state index contributed by atoms with van der Waals surface area (Å²) in [5, 5.41) is 25.8. The Bertz CT molecular complexity index is 3630. The fraction of sp³-hybridized carbons (Fsp3) is 0.259. The number of aromatic nitrogens is 14. The van der Waals surface area contributed by atoms with Crippen molar-refractivity contribution in [2.75, 3.05) is 72.0 Å². The van der Waals surface area contributed by atoms with Gasteiger partial charge in [0.1, 0.15) is 45.5 Å². The van der Waals surface area contributed by atoms with Crippen LogP contribution in [0.5, 0.6) is 0 Å². The average molecular weight is 1030 g/mol. The average Bonchev–Trinajstić information content (AvgIpc) is 4.30. The van der Waals surface area contributed by atoms with Crippen LogP contribution >= 0.6 is 0 Å². The van der Waals surface area contributed by atoms with Crippen molar-refractivity contribution in [1.29, 1.82) is 5.41 Å². The third-order valence-electron chi connectivity index (χ3n) is 13.2. The summed E-state index contributed by atoms with van der Waals surface area (Å²) in [5.41, 5.74) is 10.4. The number of rotatable bonds is 11. The van der Waals surface area contributed by atoms with Crippen molar-refractivity contribution in [2.24, 2.45) is 18.5 Å². The van der Waals surface area contributed by atoms with Crippen LogP contribution in [0.15, 0.2) is 152 Å². The predicted molar refractivity (Wildman–Crippen MR) is 296 cm³/mol. The molecule has 0 bridgehead atoms. The van der Waals surface area contributed by atoms with Crippen LogP contribution in [0.3, 0.4) is 0 Å². The minimum absolute atomic E-state index is 0.424. The largest absolute Gasteiger partial charge is 0.591 e. The number of nitrogens with one attached hydrogen (secondary N) is 1. The van der Waals surface area contributed by atoms with Crippen molar-refractivity contribution in [3.63, 3.8) is 0 Å². The van der Waals surface area contributed by atoms with Gasteiger partial charge in [0.2, 0.25) is 11.9 Å². The van der Waals surface area contributed by atoms with Crippen molar-refractivity contribution in [3.8, 4) is 22.3 Å². The van der Waals surface area contributed by atoms with Gasteiger partial charge in [0.25, 0.3) is 0 Å². The maximum absolute atomic E-state index is 12.9. The van der Waals surface area contributed by atoms with Crippen molar-refractivity contribution in [3.05, 3.63) is 170 Å². The van der Waals surface area contributed by atoms with E-state index in [1.807, 2.05) is 142 Å². The molecule has 2 aliphatic heterocycles. The molecule has 384 valence electrons. The van der Waals surface area contributed by atoms with Gasteiger partial charge in [0, 0.05) is 161 Å². The monoisotopic (exact) mass is 1030 g/mol. The SMILES string of the molecule is Cn1cc(-c2cc3c(N4CCN(c5ncc(C(=N)c6ccccc6)cn5)CC4)ncnn3c2)cn1.Cn1cc(-c2cc3c(N4CCN(c5ncc(C(=N[S+]([O-])C(C)(C)C)c6ccccc6)cn5)CC4)ncnn3c2)cn1. The molecular weight excluding hydrogens is 977 g/mol. The van der Waals surface area contributed by atoms with E-state index in [0.29, 0.717) is 28.9 Å². The fourth-order valence-electron chi connectivity index (χ4n) is 9.09. The first-order valence-electron chi connectivity index (χ1n) is 24.9. The highest BCUT2D eigenvalue weighted by atomic mass is 32.2. The Labute approximate surface area is 442 Å². The molecule has 2 aromatic carbocycles. The molecule has 0 aliphatic carbocycles. The molecule has 2 saturated heterocycles. The summed E-state index contributed by atoms with van der Waals surface area (Å²) in [4.78, 5) is 36.6. The van der Waals surface area contributed by atoms with Crippen molar-refractivity contribution in [1.82, 2.24) is 68.7 Å². The number of benzene rings is 2. The summed E-state index contributed by atoms with van der Waals surface area (Å²) in [6.45, 7) is 11.9. The molecule has 10 aromatic rings. The number of piperazine rings is 2. The summed E-state index contributed by atoms with van der Waals surface area (Å²) in [6, 6.07) is 23.6. The van der Waals surface area contributed by atoms with Crippen molar-refractivity contribution >= 4 is 57.4 Å². The van der Waals surface area contributed by atoms with E-state index in [4.69, 9.17) is 5.41 Å². The quantitative estimate of drug-likeness (QED) is 0.112. The molecule has 2 fully saturated rings. The third kappa shape index (κ3) is 10.6. The van der Waals surface area contributed by atoms with E-state index in [1.54, 1.807) is 46.8 Å². The van der Waals surface area contributed by atoms with E-state index in [-0.39, 0.29) is 0 Å². The van der Waals surface area contributed by atoms with Gasteiger partial charge in [0.15, 0.2) is 11.6 Å². The molecule has 8 aromatic heterocycles. The lowest BCUT2D eigenvalue weighted by molar-refractivity contribution is 0.561. The van der Waals surface area contributed by atoms with E-state index in [2.05, 4.69) is 86.4 Å². The van der Waals surface area contributed by atoms with Gasteiger partial charge in [-0.1, -0.05) is 65.1 Å². The van der Waals surface area contributed by atoms with Crippen LogP contribution in [0.1, 0.15) is 43.0 Å². The molecule has 0 radical (unpaired) electrons. The Morgan fingerprint density at radius 2 is 0.921 bits per heavy atom. The van der Waals surface area contributed by atoms with Gasteiger partial charge in [0.05, 0.1) is 18.1 Å². The Hall–Kier alpha value is -8.89. The minimum atomic E-state index is -1.42. The van der Waals surface area contributed by atoms with Crippen molar-refractivity contribution in [2.45, 2.75) is 25.5 Å². The number of fused-ring (bicyclic) bond motifs is 2. The standard InChI is InChI=1S/C29H32N10OS.C25H24N10/c1-29(2,3)41(40)35-26(21-8-6-5-7-9-21)23-15-30-28(31-16-23)38-12-10-37(11-13-38)27-25-14-22(19-39(25)34-20-32-27)24-17-33-36(4)18-24;1-32-15-21(14-30-32)19-11-22-24(29-17-31-35(22)16-19)33-7-9-34(10-8-33)25-27-12-20(13-28-25)23(26)18-5-3-2-4-6-18/h5-9,14-20H,10-13H2,1-4H3;2-6,11-17,26H,7-10H2,1H3. The summed E-state index contributed by atoms with van der Waals surface area (Å²) >= 11 is -1.42. The Morgan fingerprint density at radius 1 is 0.500 bits per heavy atom. The number of anilines is 4. The minimum Gasteiger partial charge on any atom is -0.591 e. The molecule has 21 nitrogen and oxygen atoms in total. The van der Waals surface area contributed by atoms with Gasteiger partial charge in [-0.3, -0.25) is 14.8 Å². The second kappa shape index (κ2) is 21.2. The van der Waals surface area contributed by atoms with Gasteiger partial charge in [-0.25, -0.2) is 38.9 Å². The number of aryl methyl sites for hydroxylation is 2. The number of nitrogens with zero attached hydrogens (tertiary/aromatic N) is 19. The highest BCUT2D eigenvalue weighted by Crippen LogP contribution is 2.30. The lowest BCUT2D eigenvalue weighted by Crippen LogP contribution is -2.47. The summed E-state index contributed by atoms with van der Waals surface area (Å²) in [5.74, 6) is 3.17. The molecule has 0 saturated carbocycles. The normalized spacial score (nSPS) is 14.8. The topological polar surface area (TPSA) is 220 Å². The van der Waals surface area contributed by atoms with E-state index in [1.165, 1.54) is 0 Å². The lowest BCUT2D eigenvalue weighted by Gasteiger charge is -2.35. The van der Waals surface area contributed by atoms with Gasteiger partial charge in [-0.2, -0.15) is 20.4 Å². The first-order valence-corrected chi connectivity index (χ1v) is 26.0. The molecule has 22 heteroatoms. The first-order chi connectivity index (χ1) is 36.9. The van der Waals surface area contributed by atoms with Crippen LogP contribution in [0.4, 0.5) is 23.5 Å². The van der Waals surface area contributed by atoms with Crippen LogP contribution < -0.4 is 19.6 Å². The molecule has 1 atom stereocenters. The molecule has 1 unspecified atom stereocenters. The van der Waals surface area contributed by atoms with E-state index in [9.17, 15) is 4.55 Å². The van der Waals surface area contributed by atoms with Gasteiger partial charge >= 0.3 is 0 Å². The fourth-order valence-corrected chi connectivity index (χ4v) is 9.74. The zero-order valence-corrected chi connectivity index (χ0v) is 43.6. The van der Waals surface area contributed by atoms with E-state index < -0.39 is 16.1 Å². The van der Waals surface area contributed by atoms with Gasteiger partial charge < -0.3 is 24.2 Å². The number of hydrogen-bond donors (Lipinski definition) is 1. The van der Waals surface area contributed by atoms with Crippen LogP contribution in [0.25, 0.3) is 33.3 Å². The maximum atomic E-state index is 12.9. The van der Waals surface area contributed by atoms with Gasteiger partial charge in [-0.15, -0.1) is 0 Å². The van der Waals surface area contributed by atoms with Crippen LogP contribution in [-0.2, 0) is 25.5 Å². The summed E-state index contributed by atoms with van der Waals surface area (Å²) in [7, 11) is 3.82. The molecular formula is C54H56N20OS. The Balaban J connectivity index is 0.000000164. The van der Waals surface area contributed by atoms with Crippen LogP contribution in [0.2, 0.25) is 0 Å². The summed E-state index contributed by atoms with van der Waals surface area (Å²) < 4.78 is 24.3. The molecule has 2 aliphatic rings. The second-order valence-corrected chi connectivity index (χ2v) is 21.4. The number of hydrogen-bond acceptors (Lipinski definition) is 17. The van der Waals surface area contributed by atoms with E-state index in [0.717, 1.165) is 114 Å². The Kier molecular flexibility index (Phi) is 13.7. The molecule has 1 N–H and O–H groups in total. The summed E-state index contributed by atoms with van der Waals surface area (Å²) in [6.07, 6.45) is 21.9. The van der Waals surface area contributed by atoms with Gasteiger partial charge in [-0.05, 0) is 32.9 Å². The third-order valence-corrected chi connectivity index (χ3v) is 14.6. The van der Waals surface area contributed by atoms with Crippen molar-refractivity contribution < 1.29 is 4.55 Å². The zero-order chi connectivity index (χ0) is 52.3. The molecule has 0 spiro atoms. The second-order valence-electron chi connectivity index (χ2n) is 19.5. The highest BCUT2D eigenvalue weighted by Gasteiger charge is 2.29. The highest BCUT2D eigenvalue weighted by molar-refractivity contribution is 7.91. The zero-order valence-electron chi connectivity index (χ0n) is 42.8. The molecule has 76 heavy (non-hydrogen) atoms.